The van der Waals surface area contributed by atoms with Crippen LogP contribution in [0.4, 0.5) is 5.69 Å². The third-order valence-corrected chi connectivity index (χ3v) is 5.21. The Labute approximate surface area is 183 Å². The van der Waals surface area contributed by atoms with Crippen LogP contribution in [0.25, 0.3) is 5.69 Å². The lowest BCUT2D eigenvalue weighted by Crippen LogP contribution is -2.15. The number of thioether (sulfide) groups is 1. The van der Waals surface area contributed by atoms with Crippen molar-refractivity contribution < 1.29 is 14.3 Å². The van der Waals surface area contributed by atoms with Crippen molar-refractivity contribution in [2.45, 2.75) is 24.9 Å². The van der Waals surface area contributed by atoms with Crippen molar-refractivity contribution in [2.24, 2.45) is 0 Å². The fraction of sp³-hybridized carbons (Fsp3) is 0.238. The van der Waals surface area contributed by atoms with Crippen molar-refractivity contribution in [2.75, 3.05) is 17.7 Å². The normalized spacial score (nSPS) is 10.6. The molecule has 3 rings (SSSR count). The van der Waals surface area contributed by atoms with Crippen LogP contribution in [0.15, 0.2) is 60.0 Å². The Kier molecular flexibility index (Phi) is 7.87. The van der Waals surface area contributed by atoms with E-state index in [1.807, 2.05) is 37.3 Å². The van der Waals surface area contributed by atoms with Gasteiger partial charge in [0.25, 0.3) is 0 Å². The lowest BCUT2D eigenvalue weighted by atomic mass is 10.2. The average Bonchev–Trinajstić information content (AvgIpc) is 3.23. The number of carbonyl (C=O) groups excluding carboxylic acids is 2. The summed E-state index contributed by atoms with van der Waals surface area (Å²) in [6, 6.07) is 14.3. The van der Waals surface area contributed by atoms with Gasteiger partial charge in [0.2, 0.25) is 11.1 Å². The van der Waals surface area contributed by atoms with Gasteiger partial charge < -0.3 is 10.1 Å². The number of benzene rings is 2. The molecule has 0 unspecified atom stereocenters. The molecule has 0 radical (unpaired) electrons. The first-order valence-electron chi connectivity index (χ1n) is 9.43. The fourth-order valence-corrected chi connectivity index (χ4v) is 3.29. The molecule has 0 atom stereocenters. The van der Waals surface area contributed by atoms with Crippen LogP contribution in [0.5, 0.6) is 0 Å². The smallest absolute Gasteiger partial charge is 0.339 e. The monoisotopic (exact) mass is 444 g/mol. The molecular weight excluding hydrogens is 424 g/mol. The van der Waals surface area contributed by atoms with E-state index in [9.17, 15) is 9.59 Å². The lowest BCUT2D eigenvalue weighted by molar-refractivity contribution is -0.113. The SMILES string of the molecule is CCCCOC(=O)c1cc(NC(=O)CSc2ncn(-c3ccccc3)n2)ccc1Cl. The van der Waals surface area contributed by atoms with Crippen LogP contribution in [0.1, 0.15) is 30.1 Å². The molecule has 7 nitrogen and oxygen atoms in total. The van der Waals surface area contributed by atoms with E-state index in [1.165, 1.54) is 17.8 Å². The Bertz CT molecular complexity index is 1010. The average molecular weight is 445 g/mol. The van der Waals surface area contributed by atoms with Gasteiger partial charge in [-0.2, -0.15) is 0 Å². The highest BCUT2D eigenvalue weighted by atomic mass is 35.5. The molecule has 0 saturated heterocycles. The van der Waals surface area contributed by atoms with Gasteiger partial charge >= 0.3 is 5.97 Å². The first-order valence-corrected chi connectivity index (χ1v) is 10.8. The molecule has 0 aliphatic heterocycles. The van der Waals surface area contributed by atoms with Gasteiger partial charge in [-0.1, -0.05) is 54.9 Å². The van der Waals surface area contributed by atoms with Crippen molar-refractivity contribution in [3.8, 4) is 5.69 Å². The molecule has 0 bridgehead atoms. The summed E-state index contributed by atoms with van der Waals surface area (Å²) in [4.78, 5) is 28.7. The molecule has 0 aliphatic carbocycles. The third-order valence-electron chi connectivity index (χ3n) is 4.03. The Hall–Kier alpha value is -2.84. The summed E-state index contributed by atoms with van der Waals surface area (Å²) < 4.78 is 6.84. The van der Waals surface area contributed by atoms with E-state index in [2.05, 4.69) is 15.4 Å². The number of ether oxygens (including phenoxy) is 1. The summed E-state index contributed by atoms with van der Waals surface area (Å²) in [6.45, 7) is 2.35. The van der Waals surface area contributed by atoms with Gasteiger partial charge in [0.1, 0.15) is 6.33 Å². The van der Waals surface area contributed by atoms with Crippen LogP contribution >= 0.6 is 23.4 Å². The summed E-state index contributed by atoms with van der Waals surface area (Å²) in [7, 11) is 0. The second kappa shape index (κ2) is 10.8. The van der Waals surface area contributed by atoms with Crippen molar-refractivity contribution in [1.82, 2.24) is 14.8 Å². The molecule has 0 saturated carbocycles. The zero-order valence-electron chi connectivity index (χ0n) is 16.4. The number of esters is 1. The predicted octanol–water partition coefficient (Wildman–Crippen LogP) is 4.61. The molecule has 156 valence electrons. The Morgan fingerprint density at radius 1 is 1.20 bits per heavy atom. The zero-order valence-corrected chi connectivity index (χ0v) is 17.9. The Morgan fingerprint density at radius 3 is 2.77 bits per heavy atom. The van der Waals surface area contributed by atoms with Gasteiger partial charge in [0.05, 0.1) is 28.6 Å². The highest BCUT2D eigenvalue weighted by Gasteiger charge is 2.14. The number of para-hydroxylation sites is 1. The Balaban J connectivity index is 1.55. The highest BCUT2D eigenvalue weighted by molar-refractivity contribution is 7.99. The standard InChI is InChI=1S/C21H21ClN4O3S/c1-2-3-11-29-20(28)17-12-15(9-10-18(17)22)24-19(27)13-30-21-23-14-26(25-21)16-7-5-4-6-8-16/h4-10,12,14H,2-3,11,13H2,1H3,(H,24,27). The first kappa shape index (κ1) is 21.9. The minimum Gasteiger partial charge on any atom is -0.462 e. The van der Waals surface area contributed by atoms with E-state index in [4.69, 9.17) is 16.3 Å². The lowest BCUT2D eigenvalue weighted by Gasteiger charge is -2.09. The first-order chi connectivity index (χ1) is 14.6. The summed E-state index contributed by atoms with van der Waals surface area (Å²) in [5.41, 5.74) is 1.58. The maximum Gasteiger partial charge on any atom is 0.339 e. The van der Waals surface area contributed by atoms with Crippen LogP contribution in [0.3, 0.4) is 0 Å². The van der Waals surface area contributed by atoms with Crippen LogP contribution < -0.4 is 5.32 Å². The zero-order chi connectivity index (χ0) is 21.3. The van der Waals surface area contributed by atoms with Crippen molar-refractivity contribution >= 4 is 40.9 Å². The summed E-state index contributed by atoms with van der Waals surface area (Å²) in [5.74, 6) is -0.629. The second-order valence-corrected chi connectivity index (χ2v) is 7.68. The van der Waals surface area contributed by atoms with Gasteiger partial charge in [0, 0.05) is 5.69 Å². The minimum absolute atomic E-state index is 0.123. The van der Waals surface area contributed by atoms with Crippen molar-refractivity contribution in [3.05, 3.63) is 65.4 Å². The summed E-state index contributed by atoms with van der Waals surface area (Å²) in [6.07, 6.45) is 3.31. The van der Waals surface area contributed by atoms with Gasteiger partial charge in [0.15, 0.2) is 0 Å². The minimum atomic E-state index is -0.505. The number of nitrogens with one attached hydrogen (secondary N) is 1. The molecule has 1 N–H and O–H groups in total. The molecule has 3 aromatic rings. The van der Waals surface area contributed by atoms with Crippen molar-refractivity contribution in [3.63, 3.8) is 0 Å². The van der Waals surface area contributed by atoms with Gasteiger partial charge in [-0.15, -0.1) is 5.10 Å². The van der Waals surface area contributed by atoms with E-state index >= 15 is 0 Å². The number of unbranched alkanes of at least 4 members (excludes halogenated alkanes) is 1. The van der Waals surface area contributed by atoms with Gasteiger partial charge in [-0.25, -0.2) is 14.5 Å². The number of nitrogens with zero attached hydrogens (tertiary/aromatic N) is 3. The van der Waals surface area contributed by atoms with E-state index in [-0.39, 0.29) is 22.2 Å². The van der Waals surface area contributed by atoms with E-state index < -0.39 is 5.97 Å². The number of hydrogen-bond acceptors (Lipinski definition) is 6. The number of amides is 1. The number of hydrogen-bond donors (Lipinski definition) is 1. The maximum atomic E-state index is 12.3. The molecule has 0 spiro atoms. The molecule has 1 aromatic heterocycles. The third kappa shape index (κ3) is 6.08. The number of rotatable bonds is 9. The maximum absolute atomic E-state index is 12.3. The fourth-order valence-electron chi connectivity index (χ4n) is 2.49. The van der Waals surface area contributed by atoms with E-state index in [0.717, 1.165) is 18.5 Å². The second-order valence-electron chi connectivity index (χ2n) is 6.33. The number of aromatic nitrogens is 3. The number of carbonyl (C=O) groups is 2. The molecule has 9 heteroatoms. The molecule has 1 amide bonds. The number of anilines is 1. The van der Waals surface area contributed by atoms with Gasteiger partial charge in [-0.05, 0) is 36.8 Å². The van der Waals surface area contributed by atoms with Crippen LogP contribution in [0.2, 0.25) is 5.02 Å². The van der Waals surface area contributed by atoms with Crippen LogP contribution in [-0.2, 0) is 9.53 Å². The van der Waals surface area contributed by atoms with Crippen LogP contribution in [-0.4, -0.2) is 39.0 Å². The highest BCUT2D eigenvalue weighted by Crippen LogP contribution is 2.22. The topological polar surface area (TPSA) is 86.1 Å². The predicted molar refractivity (Wildman–Crippen MR) is 117 cm³/mol. The largest absolute Gasteiger partial charge is 0.462 e. The van der Waals surface area contributed by atoms with Crippen LogP contribution in [0, 0.1) is 0 Å². The summed E-state index contributed by atoms with van der Waals surface area (Å²) in [5, 5.41) is 7.87. The molecule has 30 heavy (non-hydrogen) atoms. The quantitative estimate of drug-likeness (QED) is 0.294. The van der Waals surface area contributed by atoms with Gasteiger partial charge in [-0.3, -0.25) is 4.79 Å². The Morgan fingerprint density at radius 2 is 2.00 bits per heavy atom. The molecule has 1 heterocycles. The molecule has 0 fully saturated rings. The van der Waals surface area contributed by atoms with E-state index in [1.54, 1.807) is 23.1 Å². The number of halogens is 1. The van der Waals surface area contributed by atoms with Crippen molar-refractivity contribution in [1.29, 1.82) is 0 Å². The molecule has 2 aromatic carbocycles. The van der Waals surface area contributed by atoms with E-state index in [0.29, 0.717) is 17.5 Å². The molecular formula is C21H21ClN4O3S. The molecule has 0 aliphatic rings. The summed E-state index contributed by atoms with van der Waals surface area (Å²) >= 11 is 7.32.